The minimum absolute atomic E-state index is 0.384. The molecule has 0 aromatic carbocycles. The van der Waals surface area contributed by atoms with Crippen molar-refractivity contribution in [3.05, 3.63) is 0 Å². The monoisotopic (exact) mass is 455 g/mol. The summed E-state index contributed by atoms with van der Waals surface area (Å²) < 4.78 is 31.6. The standard InChI is InChI=1S/C22H47NO2.H2O4S/c1-3-5-6-7-8-9-10-11-12-13-14-15-16-17-18-19-20-23(4-2)21-22(24)25;1-5(2,3)4/h22,24-25H,3-21H2,1-2H3;(H2,1,2,3,4). The number of unbranched alkanes of at least 4 members (excludes halogenated alkanes) is 15. The number of nitrogens with zero attached hydrogens (tertiary/aromatic N) is 1. The van der Waals surface area contributed by atoms with Gasteiger partial charge >= 0.3 is 10.4 Å². The van der Waals surface area contributed by atoms with Crippen molar-refractivity contribution in [2.24, 2.45) is 0 Å². The van der Waals surface area contributed by atoms with Crippen LogP contribution >= 0.6 is 0 Å². The summed E-state index contributed by atoms with van der Waals surface area (Å²) >= 11 is 0. The quantitative estimate of drug-likeness (QED) is 0.113. The third-order valence-electron chi connectivity index (χ3n) is 5.20. The molecule has 0 bridgehead atoms. The van der Waals surface area contributed by atoms with E-state index in [4.69, 9.17) is 27.7 Å². The van der Waals surface area contributed by atoms with Crippen LogP contribution in [-0.2, 0) is 10.4 Å². The minimum Gasteiger partial charge on any atom is -0.367 e. The van der Waals surface area contributed by atoms with E-state index in [0.29, 0.717) is 6.54 Å². The van der Waals surface area contributed by atoms with Crippen molar-refractivity contribution in [1.29, 1.82) is 0 Å². The van der Waals surface area contributed by atoms with Crippen molar-refractivity contribution in [1.82, 2.24) is 4.90 Å². The maximum atomic E-state index is 9.00. The molecule has 0 amide bonds. The molecule has 30 heavy (non-hydrogen) atoms. The number of rotatable bonds is 20. The fourth-order valence-electron chi connectivity index (χ4n) is 3.49. The summed E-state index contributed by atoms with van der Waals surface area (Å²) in [7, 11) is -4.67. The summed E-state index contributed by atoms with van der Waals surface area (Å²) in [5.41, 5.74) is 0. The summed E-state index contributed by atoms with van der Waals surface area (Å²) in [4.78, 5) is 2.12. The van der Waals surface area contributed by atoms with E-state index in [0.717, 1.165) is 13.1 Å². The van der Waals surface area contributed by atoms with Crippen molar-refractivity contribution < 1.29 is 27.7 Å². The van der Waals surface area contributed by atoms with Gasteiger partial charge in [-0.3, -0.25) is 14.0 Å². The van der Waals surface area contributed by atoms with E-state index < -0.39 is 16.7 Å². The molecule has 0 aliphatic heterocycles. The fraction of sp³-hybridized carbons (Fsp3) is 1.00. The maximum Gasteiger partial charge on any atom is 0.394 e. The van der Waals surface area contributed by atoms with Gasteiger partial charge < -0.3 is 10.2 Å². The van der Waals surface area contributed by atoms with Gasteiger partial charge in [-0.2, -0.15) is 8.42 Å². The third-order valence-corrected chi connectivity index (χ3v) is 5.20. The second kappa shape index (κ2) is 23.4. The van der Waals surface area contributed by atoms with Crippen LogP contribution in [-0.4, -0.2) is 58.6 Å². The molecule has 0 spiro atoms. The Balaban J connectivity index is 0. The predicted molar refractivity (Wildman–Crippen MR) is 124 cm³/mol. The van der Waals surface area contributed by atoms with Gasteiger partial charge in [-0.1, -0.05) is 110 Å². The summed E-state index contributed by atoms with van der Waals surface area (Å²) in [5.74, 6) is 0. The first-order valence-electron chi connectivity index (χ1n) is 12.0. The van der Waals surface area contributed by atoms with E-state index >= 15 is 0 Å². The lowest BCUT2D eigenvalue weighted by Gasteiger charge is -2.20. The highest BCUT2D eigenvalue weighted by Crippen LogP contribution is 2.13. The second-order valence-electron chi connectivity index (χ2n) is 8.12. The van der Waals surface area contributed by atoms with Crippen LogP contribution < -0.4 is 0 Å². The molecule has 8 heteroatoms. The van der Waals surface area contributed by atoms with E-state index in [1.807, 2.05) is 0 Å². The van der Waals surface area contributed by atoms with E-state index in [1.54, 1.807) is 0 Å². The molecule has 0 aliphatic carbocycles. The largest absolute Gasteiger partial charge is 0.394 e. The van der Waals surface area contributed by atoms with Gasteiger partial charge in [0.25, 0.3) is 0 Å². The molecule has 0 atom stereocenters. The Kier molecular flexibility index (Phi) is 24.9. The van der Waals surface area contributed by atoms with Crippen LogP contribution in [0.25, 0.3) is 0 Å². The molecule has 0 rings (SSSR count). The van der Waals surface area contributed by atoms with Gasteiger partial charge in [-0.25, -0.2) is 0 Å². The van der Waals surface area contributed by atoms with Gasteiger partial charge in [-0.15, -0.1) is 0 Å². The van der Waals surface area contributed by atoms with Crippen LogP contribution in [0.5, 0.6) is 0 Å². The number of likely N-dealkylation sites (N-methyl/N-ethyl adjacent to an activating group) is 1. The van der Waals surface area contributed by atoms with Gasteiger partial charge in [0.05, 0.1) is 0 Å². The van der Waals surface area contributed by atoms with Crippen LogP contribution in [0.15, 0.2) is 0 Å². The zero-order valence-corrected chi connectivity index (χ0v) is 20.3. The highest BCUT2D eigenvalue weighted by Gasteiger charge is 2.06. The van der Waals surface area contributed by atoms with Crippen LogP contribution in [0.1, 0.15) is 117 Å². The Bertz CT molecular complexity index is 423. The zero-order valence-electron chi connectivity index (χ0n) is 19.5. The molecule has 0 aromatic heterocycles. The van der Waals surface area contributed by atoms with Gasteiger partial charge in [0, 0.05) is 6.54 Å². The maximum absolute atomic E-state index is 9.00. The molecule has 0 heterocycles. The molecule has 0 aliphatic rings. The summed E-state index contributed by atoms with van der Waals surface area (Å²) in [5, 5.41) is 18.0. The molecule has 0 radical (unpaired) electrons. The van der Waals surface area contributed by atoms with E-state index in [2.05, 4.69) is 18.7 Å². The van der Waals surface area contributed by atoms with Crippen molar-refractivity contribution in [3.63, 3.8) is 0 Å². The lowest BCUT2D eigenvalue weighted by Crippen LogP contribution is -2.32. The third kappa shape index (κ3) is 35.2. The summed E-state index contributed by atoms with van der Waals surface area (Å²) in [6.07, 6.45) is 21.1. The van der Waals surface area contributed by atoms with Crippen LogP contribution in [0, 0.1) is 0 Å². The Hall–Kier alpha value is -0.250. The average Bonchev–Trinajstić information content (AvgIpc) is 2.65. The Morgan fingerprint density at radius 1 is 0.633 bits per heavy atom. The molecule has 184 valence electrons. The number of aliphatic hydroxyl groups excluding tert-OH is 1. The second-order valence-corrected chi connectivity index (χ2v) is 9.02. The minimum atomic E-state index is -4.67. The van der Waals surface area contributed by atoms with E-state index in [9.17, 15) is 0 Å². The average molecular weight is 456 g/mol. The first kappa shape index (κ1) is 31.9. The van der Waals surface area contributed by atoms with Crippen LogP contribution in [0.4, 0.5) is 0 Å². The van der Waals surface area contributed by atoms with Gasteiger partial charge in [0.2, 0.25) is 0 Å². The molecule has 0 saturated carbocycles. The molecular weight excluding hydrogens is 406 g/mol. The van der Waals surface area contributed by atoms with Gasteiger partial charge in [0.15, 0.2) is 6.29 Å². The molecule has 0 aromatic rings. The van der Waals surface area contributed by atoms with Crippen molar-refractivity contribution >= 4 is 10.4 Å². The molecule has 0 fully saturated rings. The summed E-state index contributed by atoms with van der Waals surface area (Å²) in [6.45, 7) is 6.64. The first-order valence-corrected chi connectivity index (χ1v) is 13.4. The topological polar surface area (TPSA) is 118 Å². The smallest absolute Gasteiger partial charge is 0.367 e. The van der Waals surface area contributed by atoms with E-state index in [1.165, 1.54) is 103 Å². The Labute approximate surface area is 185 Å². The molecular formula is C22H49NO6S. The SMILES string of the molecule is CCCCCCCCCCCCCCCCCCN(CC)CC(O)O.O=S(=O)(O)O. The van der Waals surface area contributed by atoms with Gasteiger partial charge in [-0.05, 0) is 19.5 Å². The van der Waals surface area contributed by atoms with Crippen molar-refractivity contribution in [2.75, 3.05) is 19.6 Å². The molecule has 7 nitrogen and oxygen atoms in total. The highest BCUT2D eigenvalue weighted by molar-refractivity contribution is 7.79. The first-order chi connectivity index (χ1) is 14.2. The predicted octanol–water partition coefficient (Wildman–Crippen LogP) is 5.23. The Morgan fingerprint density at radius 2 is 0.933 bits per heavy atom. The number of aliphatic hydroxyl groups is 2. The lowest BCUT2D eigenvalue weighted by molar-refractivity contribution is -0.0606. The lowest BCUT2D eigenvalue weighted by atomic mass is 10.0. The normalized spacial score (nSPS) is 11.7. The Morgan fingerprint density at radius 3 is 1.20 bits per heavy atom. The van der Waals surface area contributed by atoms with E-state index in [-0.39, 0.29) is 0 Å². The van der Waals surface area contributed by atoms with Crippen molar-refractivity contribution in [3.8, 4) is 0 Å². The number of hydrogen-bond acceptors (Lipinski definition) is 5. The molecule has 0 saturated heterocycles. The molecule has 4 N–H and O–H groups in total. The highest BCUT2D eigenvalue weighted by atomic mass is 32.3. The van der Waals surface area contributed by atoms with Crippen LogP contribution in [0.2, 0.25) is 0 Å². The number of hydrogen-bond donors (Lipinski definition) is 4. The van der Waals surface area contributed by atoms with Gasteiger partial charge in [0.1, 0.15) is 0 Å². The molecule has 0 unspecified atom stereocenters. The van der Waals surface area contributed by atoms with Crippen molar-refractivity contribution in [2.45, 2.75) is 123 Å². The van der Waals surface area contributed by atoms with Crippen LogP contribution in [0.3, 0.4) is 0 Å². The summed E-state index contributed by atoms with van der Waals surface area (Å²) in [6, 6.07) is 0. The zero-order chi connectivity index (χ0) is 23.1. The fourth-order valence-corrected chi connectivity index (χ4v) is 3.49.